The normalized spacial score (nSPS) is 14.8. The minimum Gasteiger partial charge on any atom is -0.382 e. The van der Waals surface area contributed by atoms with Crippen molar-refractivity contribution in [1.82, 2.24) is 0 Å². The monoisotopic (exact) mass is 258 g/mol. The molecule has 2 N–H and O–H groups in total. The standard InChI is InChI=1S/C17H23NO/c1-4-18(5-2)13(3)17(19)16-12-8-10-14-9-6-7-11-15(14)16/h6-13,17,19H,4-5H2,1-3H3/p+1/t13-,17+/m1/s1. The van der Waals surface area contributed by atoms with Gasteiger partial charge in [-0.3, -0.25) is 0 Å². The lowest BCUT2D eigenvalue weighted by Crippen LogP contribution is -3.15. The van der Waals surface area contributed by atoms with E-state index in [4.69, 9.17) is 0 Å². The maximum Gasteiger partial charge on any atom is 0.131 e. The van der Waals surface area contributed by atoms with Crippen molar-refractivity contribution < 1.29 is 10.0 Å². The van der Waals surface area contributed by atoms with Gasteiger partial charge in [-0.25, -0.2) is 0 Å². The first-order valence-electron chi connectivity index (χ1n) is 7.19. The number of hydrogen-bond donors (Lipinski definition) is 2. The lowest BCUT2D eigenvalue weighted by atomic mass is 9.96. The first kappa shape index (κ1) is 14.0. The summed E-state index contributed by atoms with van der Waals surface area (Å²) in [5, 5.41) is 13.1. The Morgan fingerprint density at radius 1 is 1.00 bits per heavy atom. The number of nitrogens with one attached hydrogen (secondary N) is 1. The second kappa shape index (κ2) is 6.18. The maximum atomic E-state index is 10.7. The lowest BCUT2D eigenvalue weighted by Gasteiger charge is -2.28. The zero-order valence-electron chi connectivity index (χ0n) is 12.1. The summed E-state index contributed by atoms with van der Waals surface area (Å²) in [7, 11) is 0. The second-order valence-electron chi connectivity index (χ2n) is 5.17. The molecule has 0 aliphatic rings. The van der Waals surface area contributed by atoms with Gasteiger partial charge >= 0.3 is 0 Å². The summed E-state index contributed by atoms with van der Waals surface area (Å²) in [6.07, 6.45) is -0.416. The molecule has 2 nitrogen and oxygen atoms in total. The number of aliphatic hydroxyl groups excluding tert-OH is 1. The van der Waals surface area contributed by atoms with Crippen molar-refractivity contribution in [2.45, 2.75) is 32.9 Å². The minimum absolute atomic E-state index is 0.209. The quantitative estimate of drug-likeness (QED) is 0.844. The molecular formula is C17H24NO+. The van der Waals surface area contributed by atoms with Crippen LogP contribution in [0.25, 0.3) is 10.8 Å². The molecule has 0 heterocycles. The van der Waals surface area contributed by atoms with Gasteiger partial charge in [0.25, 0.3) is 0 Å². The Balaban J connectivity index is 2.38. The first-order chi connectivity index (χ1) is 9.19. The second-order valence-corrected chi connectivity index (χ2v) is 5.17. The molecule has 0 aliphatic carbocycles. The van der Waals surface area contributed by atoms with Gasteiger partial charge in [-0.1, -0.05) is 42.5 Å². The Morgan fingerprint density at radius 3 is 2.32 bits per heavy atom. The fourth-order valence-electron chi connectivity index (χ4n) is 2.89. The van der Waals surface area contributed by atoms with Crippen molar-refractivity contribution in [3.05, 3.63) is 48.0 Å². The minimum atomic E-state index is -0.416. The van der Waals surface area contributed by atoms with Gasteiger partial charge in [-0.15, -0.1) is 0 Å². The van der Waals surface area contributed by atoms with Crippen LogP contribution < -0.4 is 4.90 Å². The molecule has 2 aromatic rings. The van der Waals surface area contributed by atoms with Crippen LogP contribution >= 0.6 is 0 Å². The van der Waals surface area contributed by atoms with Crippen molar-refractivity contribution >= 4 is 10.8 Å². The smallest absolute Gasteiger partial charge is 0.131 e. The molecule has 0 aromatic heterocycles. The zero-order valence-corrected chi connectivity index (χ0v) is 12.1. The average molecular weight is 258 g/mol. The highest BCUT2D eigenvalue weighted by molar-refractivity contribution is 5.86. The van der Waals surface area contributed by atoms with Gasteiger partial charge < -0.3 is 10.0 Å². The number of fused-ring (bicyclic) bond motifs is 1. The first-order valence-corrected chi connectivity index (χ1v) is 7.19. The van der Waals surface area contributed by atoms with Gasteiger partial charge in [0, 0.05) is 0 Å². The van der Waals surface area contributed by atoms with Crippen LogP contribution in [0.5, 0.6) is 0 Å². The molecule has 2 heteroatoms. The highest BCUT2D eigenvalue weighted by atomic mass is 16.3. The molecule has 0 spiro atoms. The Kier molecular flexibility index (Phi) is 4.56. The van der Waals surface area contributed by atoms with E-state index in [1.807, 2.05) is 24.3 Å². The lowest BCUT2D eigenvalue weighted by molar-refractivity contribution is -0.924. The molecule has 2 atom stereocenters. The maximum absolute atomic E-state index is 10.7. The van der Waals surface area contributed by atoms with Crippen LogP contribution in [-0.4, -0.2) is 24.2 Å². The summed E-state index contributed by atoms with van der Waals surface area (Å²) < 4.78 is 0. The summed E-state index contributed by atoms with van der Waals surface area (Å²) in [4.78, 5) is 1.43. The SMILES string of the molecule is CC[NH+](CC)[C@H](C)[C@H](O)c1cccc2ccccc12. The largest absolute Gasteiger partial charge is 0.382 e. The van der Waals surface area contributed by atoms with Gasteiger partial charge in [-0.05, 0) is 37.1 Å². The summed E-state index contributed by atoms with van der Waals surface area (Å²) in [5.41, 5.74) is 1.05. The van der Waals surface area contributed by atoms with Crippen LogP contribution in [0.3, 0.4) is 0 Å². The van der Waals surface area contributed by atoms with Crippen molar-refractivity contribution in [2.75, 3.05) is 13.1 Å². The van der Waals surface area contributed by atoms with E-state index in [0.29, 0.717) is 0 Å². The van der Waals surface area contributed by atoms with Crippen LogP contribution in [-0.2, 0) is 0 Å². The molecule has 0 bridgehead atoms. The molecular weight excluding hydrogens is 234 g/mol. The molecule has 0 aliphatic heterocycles. The molecule has 0 radical (unpaired) electrons. The van der Waals surface area contributed by atoms with Crippen molar-refractivity contribution in [3.63, 3.8) is 0 Å². The third kappa shape index (κ3) is 2.80. The Morgan fingerprint density at radius 2 is 1.63 bits per heavy atom. The molecule has 0 saturated carbocycles. The Bertz CT molecular complexity index is 528. The molecule has 19 heavy (non-hydrogen) atoms. The van der Waals surface area contributed by atoms with Gasteiger partial charge in [0.05, 0.1) is 13.1 Å². The fraction of sp³-hybridized carbons (Fsp3) is 0.412. The van der Waals surface area contributed by atoms with Crippen LogP contribution in [0.1, 0.15) is 32.4 Å². The highest BCUT2D eigenvalue weighted by Gasteiger charge is 2.25. The van der Waals surface area contributed by atoms with E-state index in [-0.39, 0.29) is 6.04 Å². The molecule has 0 saturated heterocycles. The summed E-state index contributed by atoms with van der Waals surface area (Å²) in [6, 6.07) is 14.7. The number of likely N-dealkylation sites (N-methyl/N-ethyl adjacent to an activating group) is 1. The molecule has 0 unspecified atom stereocenters. The van der Waals surface area contributed by atoms with Gasteiger partial charge in [0.2, 0.25) is 0 Å². The molecule has 0 fully saturated rings. The van der Waals surface area contributed by atoms with Crippen LogP contribution in [0.2, 0.25) is 0 Å². The van der Waals surface area contributed by atoms with Crippen LogP contribution in [0.15, 0.2) is 42.5 Å². The van der Waals surface area contributed by atoms with E-state index >= 15 is 0 Å². The summed E-state index contributed by atoms with van der Waals surface area (Å²) in [6.45, 7) is 8.56. The van der Waals surface area contributed by atoms with E-state index < -0.39 is 6.10 Å². The topological polar surface area (TPSA) is 24.7 Å². The van der Waals surface area contributed by atoms with E-state index in [0.717, 1.165) is 24.0 Å². The number of aliphatic hydroxyl groups is 1. The fourth-order valence-corrected chi connectivity index (χ4v) is 2.89. The van der Waals surface area contributed by atoms with Gasteiger partial charge in [-0.2, -0.15) is 0 Å². The average Bonchev–Trinajstić information content (AvgIpc) is 2.47. The van der Waals surface area contributed by atoms with E-state index in [1.54, 1.807) is 0 Å². The zero-order chi connectivity index (χ0) is 13.8. The predicted octanol–water partition coefficient (Wildman–Crippen LogP) is 2.19. The number of hydrogen-bond acceptors (Lipinski definition) is 1. The van der Waals surface area contributed by atoms with Gasteiger partial charge in [0.15, 0.2) is 0 Å². The molecule has 0 amide bonds. The highest BCUT2D eigenvalue weighted by Crippen LogP contribution is 2.25. The molecule has 2 rings (SSSR count). The van der Waals surface area contributed by atoms with Crippen LogP contribution in [0.4, 0.5) is 0 Å². The van der Waals surface area contributed by atoms with E-state index in [1.165, 1.54) is 10.3 Å². The summed E-state index contributed by atoms with van der Waals surface area (Å²) >= 11 is 0. The molecule has 2 aromatic carbocycles. The number of rotatable bonds is 5. The predicted molar refractivity (Wildman–Crippen MR) is 80.4 cm³/mol. The van der Waals surface area contributed by atoms with Crippen molar-refractivity contribution in [2.24, 2.45) is 0 Å². The van der Waals surface area contributed by atoms with Crippen molar-refractivity contribution in [3.8, 4) is 0 Å². The van der Waals surface area contributed by atoms with E-state index in [9.17, 15) is 5.11 Å². The third-order valence-electron chi connectivity index (χ3n) is 4.17. The number of quaternary nitrogens is 1. The number of benzene rings is 2. The van der Waals surface area contributed by atoms with Gasteiger partial charge in [0.1, 0.15) is 12.1 Å². The third-order valence-corrected chi connectivity index (χ3v) is 4.17. The Labute approximate surface area is 115 Å². The van der Waals surface area contributed by atoms with Crippen molar-refractivity contribution in [1.29, 1.82) is 0 Å². The molecule has 102 valence electrons. The van der Waals surface area contributed by atoms with E-state index in [2.05, 4.69) is 39.0 Å². The van der Waals surface area contributed by atoms with Crippen LogP contribution in [0, 0.1) is 0 Å². The Hall–Kier alpha value is -1.38. The summed E-state index contributed by atoms with van der Waals surface area (Å²) in [5.74, 6) is 0.